The first kappa shape index (κ1) is 28.2. The summed E-state index contributed by atoms with van der Waals surface area (Å²) in [7, 11) is 0. The van der Waals surface area contributed by atoms with Gasteiger partial charge in [-0.15, -0.1) is 0 Å². The second kappa shape index (κ2) is 14.2. The molecule has 9 nitrogen and oxygen atoms in total. The van der Waals surface area contributed by atoms with E-state index in [1.54, 1.807) is 11.8 Å². The molecule has 0 fully saturated rings. The number of rotatable bonds is 14. The lowest BCUT2D eigenvalue weighted by Crippen LogP contribution is -2.58. The predicted molar refractivity (Wildman–Crippen MR) is 119 cm³/mol. The molecule has 0 aromatic heterocycles. The Kier molecular flexibility index (Phi) is 13.4. The zero-order chi connectivity index (χ0) is 23.4. The van der Waals surface area contributed by atoms with Gasteiger partial charge in [-0.3, -0.25) is 19.2 Å². The predicted octanol–water partition coefficient (Wildman–Crippen LogP) is 0.718. The van der Waals surface area contributed by atoms with Gasteiger partial charge in [0.1, 0.15) is 18.1 Å². The third-order valence-corrected chi connectivity index (χ3v) is 5.48. The third kappa shape index (κ3) is 10.3. The largest absolute Gasteiger partial charge is 0.480 e. The number of carbonyl (C=O) groups excluding carboxylic acids is 3. The number of aliphatic carboxylic acids is 1. The number of hydrogen-bond donors (Lipinski definition) is 5. The van der Waals surface area contributed by atoms with Crippen molar-refractivity contribution in [2.24, 2.45) is 17.6 Å². The van der Waals surface area contributed by atoms with Crippen LogP contribution in [0.25, 0.3) is 0 Å². The minimum atomic E-state index is -1.16. The Morgan fingerprint density at radius 1 is 0.967 bits per heavy atom. The highest BCUT2D eigenvalue weighted by Crippen LogP contribution is 2.11. The molecule has 6 N–H and O–H groups in total. The van der Waals surface area contributed by atoms with Crippen LogP contribution < -0.4 is 21.7 Å². The first-order chi connectivity index (χ1) is 13.9. The van der Waals surface area contributed by atoms with E-state index in [2.05, 4.69) is 16.0 Å². The summed E-state index contributed by atoms with van der Waals surface area (Å²) < 4.78 is 0. The molecule has 0 radical (unpaired) electrons. The van der Waals surface area contributed by atoms with Crippen LogP contribution in [0.3, 0.4) is 0 Å². The van der Waals surface area contributed by atoms with E-state index in [0.717, 1.165) is 5.75 Å². The molecule has 0 spiro atoms. The van der Waals surface area contributed by atoms with Crippen molar-refractivity contribution in [2.75, 3.05) is 12.0 Å². The normalized spacial score (nSPS) is 16.1. The SMILES string of the molecule is CCC(C)C(NC(=O)C(N)CCSC)C(=O)NC(CC(C)C)C(=O)NC(C)C(=O)O. The second-order valence-corrected chi connectivity index (χ2v) is 9.00. The van der Waals surface area contributed by atoms with Gasteiger partial charge in [-0.25, -0.2) is 0 Å². The number of carbonyl (C=O) groups is 4. The summed E-state index contributed by atoms with van der Waals surface area (Å²) in [6.45, 7) is 8.88. The number of thioether (sulfide) groups is 1. The lowest BCUT2D eigenvalue weighted by atomic mass is 9.96. The van der Waals surface area contributed by atoms with Crippen molar-refractivity contribution >= 4 is 35.5 Å². The molecule has 0 aliphatic heterocycles. The molecule has 5 atom stereocenters. The molecule has 5 unspecified atom stereocenters. The summed E-state index contributed by atoms with van der Waals surface area (Å²) >= 11 is 1.58. The summed E-state index contributed by atoms with van der Waals surface area (Å²) in [6.07, 6.45) is 3.38. The zero-order valence-electron chi connectivity index (χ0n) is 18.9. The quantitative estimate of drug-likeness (QED) is 0.264. The molecule has 0 heterocycles. The van der Waals surface area contributed by atoms with Gasteiger partial charge in [0, 0.05) is 0 Å². The highest BCUT2D eigenvalue weighted by Gasteiger charge is 2.32. The Morgan fingerprint density at radius 3 is 2.03 bits per heavy atom. The third-order valence-electron chi connectivity index (χ3n) is 4.83. The molecule has 0 bridgehead atoms. The summed E-state index contributed by atoms with van der Waals surface area (Å²) in [5.41, 5.74) is 5.92. The molecule has 174 valence electrons. The van der Waals surface area contributed by atoms with Crippen molar-refractivity contribution in [1.29, 1.82) is 0 Å². The van der Waals surface area contributed by atoms with Crippen molar-refractivity contribution in [1.82, 2.24) is 16.0 Å². The average Bonchev–Trinajstić information content (AvgIpc) is 2.67. The summed E-state index contributed by atoms with van der Waals surface area (Å²) in [4.78, 5) is 49.0. The number of hydrogen-bond acceptors (Lipinski definition) is 6. The Labute approximate surface area is 183 Å². The number of carboxylic acids is 1. The van der Waals surface area contributed by atoms with E-state index in [4.69, 9.17) is 10.8 Å². The fourth-order valence-corrected chi connectivity index (χ4v) is 3.17. The average molecular weight is 447 g/mol. The topological polar surface area (TPSA) is 151 Å². The number of nitrogens with one attached hydrogen (secondary N) is 3. The van der Waals surface area contributed by atoms with Crippen LogP contribution in [0.2, 0.25) is 0 Å². The van der Waals surface area contributed by atoms with E-state index in [1.165, 1.54) is 6.92 Å². The Morgan fingerprint density at radius 2 is 1.57 bits per heavy atom. The lowest BCUT2D eigenvalue weighted by Gasteiger charge is -2.28. The maximum atomic E-state index is 13.0. The summed E-state index contributed by atoms with van der Waals surface area (Å²) in [5, 5.41) is 16.8. The van der Waals surface area contributed by atoms with Gasteiger partial charge in [0.2, 0.25) is 17.7 Å². The van der Waals surface area contributed by atoms with Crippen LogP contribution >= 0.6 is 11.8 Å². The Balaban J connectivity index is 5.35. The fraction of sp³-hybridized carbons (Fsp3) is 0.800. The Bertz CT molecular complexity index is 588. The van der Waals surface area contributed by atoms with Crippen LogP contribution in [0.4, 0.5) is 0 Å². The van der Waals surface area contributed by atoms with Crippen LogP contribution in [0, 0.1) is 11.8 Å². The van der Waals surface area contributed by atoms with Gasteiger partial charge in [-0.05, 0) is 43.6 Å². The maximum absolute atomic E-state index is 13.0. The fourth-order valence-electron chi connectivity index (χ4n) is 2.68. The van der Waals surface area contributed by atoms with Gasteiger partial charge in [-0.1, -0.05) is 34.1 Å². The van der Waals surface area contributed by atoms with Crippen LogP contribution in [0.1, 0.15) is 53.9 Å². The number of nitrogens with two attached hydrogens (primary N) is 1. The van der Waals surface area contributed by atoms with Crippen molar-refractivity contribution in [3.63, 3.8) is 0 Å². The number of carboxylic acid groups (broad SMARTS) is 1. The minimum absolute atomic E-state index is 0.0813. The molecule has 0 aromatic carbocycles. The molecule has 30 heavy (non-hydrogen) atoms. The molecule has 0 aromatic rings. The molecule has 0 rings (SSSR count). The minimum Gasteiger partial charge on any atom is -0.480 e. The maximum Gasteiger partial charge on any atom is 0.325 e. The van der Waals surface area contributed by atoms with Crippen molar-refractivity contribution in [3.8, 4) is 0 Å². The molecule has 0 aliphatic rings. The molecular weight excluding hydrogens is 408 g/mol. The van der Waals surface area contributed by atoms with Crippen LogP contribution in [-0.4, -0.2) is 65.0 Å². The van der Waals surface area contributed by atoms with Crippen molar-refractivity contribution < 1.29 is 24.3 Å². The molecule has 10 heteroatoms. The smallest absolute Gasteiger partial charge is 0.325 e. The lowest BCUT2D eigenvalue weighted by molar-refractivity contribution is -0.142. The monoisotopic (exact) mass is 446 g/mol. The van der Waals surface area contributed by atoms with E-state index >= 15 is 0 Å². The van der Waals surface area contributed by atoms with E-state index < -0.39 is 47.9 Å². The second-order valence-electron chi connectivity index (χ2n) is 8.02. The highest BCUT2D eigenvalue weighted by molar-refractivity contribution is 7.98. The molecule has 0 aliphatic carbocycles. The Hall–Kier alpha value is -1.81. The highest BCUT2D eigenvalue weighted by atomic mass is 32.2. The first-order valence-corrected chi connectivity index (χ1v) is 11.7. The van der Waals surface area contributed by atoms with Gasteiger partial charge in [-0.2, -0.15) is 11.8 Å². The van der Waals surface area contributed by atoms with Crippen LogP contribution in [-0.2, 0) is 19.2 Å². The van der Waals surface area contributed by atoms with Gasteiger partial charge >= 0.3 is 5.97 Å². The summed E-state index contributed by atoms with van der Waals surface area (Å²) in [6, 6.07) is -3.55. The first-order valence-electron chi connectivity index (χ1n) is 10.3. The van der Waals surface area contributed by atoms with Crippen LogP contribution in [0.15, 0.2) is 0 Å². The van der Waals surface area contributed by atoms with Crippen molar-refractivity contribution in [3.05, 3.63) is 0 Å². The summed E-state index contributed by atoms with van der Waals surface area (Å²) in [5.74, 6) is -2.00. The number of amides is 3. The van der Waals surface area contributed by atoms with E-state index in [9.17, 15) is 19.2 Å². The molecular formula is C20H38N4O5S. The van der Waals surface area contributed by atoms with Crippen molar-refractivity contribution in [2.45, 2.75) is 78.0 Å². The zero-order valence-corrected chi connectivity index (χ0v) is 19.7. The van der Waals surface area contributed by atoms with Gasteiger partial charge in [0.15, 0.2) is 0 Å². The van der Waals surface area contributed by atoms with E-state index in [-0.39, 0.29) is 11.8 Å². The molecule has 0 saturated heterocycles. The van der Waals surface area contributed by atoms with Gasteiger partial charge < -0.3 is 26.8 Å². The van der Waals surface area contributed by atoms with E-state index in [1.807, 2.05) is 34.0 Å². The van der Waals surface area contributed by atoms with E-state index in [0.29, 0.717) is 19.3 Å². The molecule has 3 amide bonds. The van der Waals surface area contributed by atoms with Gasteiger partial charge in [0.25, 0.3) is 0 Å². The molecule has 0 saturated carbocycles. The standard InChI is InChI=1S/C20H38N4O5S/c1-7-12(4)16(24-17(25)14(21)8-9-30-6)19(27)23-15(10-11(2)3)18(26)22-13(5)20(28)29/h11-16H,7-10,21H2,1-6H3,(H,22,26)(H,23,27)(H,24,25)(H,28,29). The van der Waals surface area contributed by atoms with Crippen LogP contribution in [0.5, 0.6) is 0 Å². The van der Waals surface area contributed by atoms with Gasteiger partial charge in [0.05, 0.1) is 6.04 Å².